The Morgan fingerprint density at radius 2 is 1.77 bits per heavy atom. The van der Waals surface area contributed by atoms with E-state index in [9.17, 15) is 19.2 Å². The van der Waals surface area contributed by atoms with Crippen LogP contribution in [-0.4, -0.2) is 58.4 Å². The van der Waals surface area contributed by atoms with E-state index in [1.165, 1.54) is 4.90 Å². The van der Waals surface area contributed by atoms with Gasteiger partial charge < -0.3 is 25.6 Å². The monoisotopic (exact) mass is 545 g/mol. The number of nitrogens with one attached hydrogen (secondary N) is 3. The summed E-state index contributed by atoms with van der Waals surface area (Å²) < 4.78 is 5.22. The van der Waals surface area contributed by atoms with Crippen LogP contribution in [0.3, 0.4) is 0 Å². The fourth-order valence-corrected chi connectivity index (χ4v) is 4.71. The minimum absolute atomic E-state index is 0.0804. The minimum Gasteiger partial charge on any atom is -0.445 e. The Labute approximate surface area is 233 Å². The van der Waals surface area contributed by atoms with E-state index in [0.29, 0.717) is 25.1 Å². The maximum absolute atomic E-state index is 13.3. The van der Waals surface area contributed by atoms with E-state index in [4.69, 9.17) is 4.74 Å². The van der Waals surface area contributed by atoms with Gasteiger partial charge in [0.05, 0.1) is 5.52 Å². The van der Waals surface area contributed by atoms with Gasteiger partial charge in [-0.05, 0) is 55.5 Å². The van der Waals surface area contributed by atoms with Crippen molar-refractivity contribution < 1.29 is 23.9 Å². The number of alkyl carbamates (subject to hydrolysis) is 1. The fourth-order valence-electron chi connectivity index (χ4n) is 4.71. The fraction of sp³-hybridized carbons (Fsp3) is 0.367. The maximum atomic E-state index is 13.3. The summed E-state index contributed by atoms with van der Waals surface area (Å²) in [6.07, 6.45) is 2.09. The first kappa shape index (κ1) is 28.5. The molecule has 0 unspecified atom stereocenters. The van der Waals surface area contributed by atoms with E-state index in [1.807, 2.05) is 68.4 Å². The zero-order valence-corrected chi connectivity index (χ0v) is 22.9. The zero-order valence-electron chi connectivity index (χ0n) is 22.9. The Morgan fingerprint density at radius 1 is 1.00 bits per heavy atom. The lowest BCUT2D eigenvalue weighted by Gasteiger charge is -2.29. The SMILES string of the molecule is CC(C)[C@H](NC(=O)[C@@H]1CCCN1C(=O)[C@H](C)NC(=O)OCc1ccccc1)C(=O)Nc1ccc2ncccc2c1. The lowest BCUT2D eigenvalue weighted by Crippen LogP contribution is -2.56. The number of amides is 4. The summed E-state index contributed by atoms with van der Waals surface area (Å²) >= 11 is 0. The molecule has 0 aliphatic carbocycles. The van der Waals surface area contributed by atoms with Crippen molar-refractivity contribution >= 4 is 40.4 Å². The van der Waals surface area contributed by atoms with Crippen LogP contribution in [0.5, 0.6) is 0 Å². The number of carbonyl (C=O) groups excluding carboxylic acids is 4. The molecule has 4 rings (SSSR count). The molecule has 10 heteroatoms. The number of likely N-dealkylation sites (tertiary alicyclic amines) is 1. The average Bonchev–Trinajstić information content (AvgIpc) is 3.44. The van der Waals surface area contributed by atoms with E-state index >= 15 is 0 Å². The number of fused-ring (bicyclic) bond motifs is 1. The van der Waals surface area contributed by atoms with Gasteiger partial charge in [-0.25, -0.2) is 4.79 Å². The Bertz CT molecular complexity index is 1360. The highest BCUT2D eigenvalue weighted by molar-refractivity contribution is 6.00. The highest BCUT2D eigenvalue weighted by Crippen LogP contribution is 2.21. The smallest absolute Gasteiger partial charge is 0.408 e. The second-order valence-corrected chi connectivity index (χ2v) is 10.2. The molecule has 1 aliphatic rings. The molecule has 40 heavy (non-hydrogen) atoms. The van der Waals surface area contributed by atoms with Crippen LogP contribution in [0.2, 0.25) is 0 Å². The first-order chi connectivity index (χ1) is 19.2. The number of hydrogen-bond acceptors (Lipinski definition) is 6. The second-order valence-electron chi connectivity index (χ2n) is 10.2. The number of rotatable bonds is 9. The van der Waals surface area contributed by atoms with Crippen molar-refractivity contribution in [3.05, 3.63) is 72.4 Å². The third-order valence-corrected chi connectivity index (χ3v) is 6.87. The normalized spacial score (nSPS) is 16.3. The first-order valence-electron chi connectivity index (χ1n) is 13.5. The summed E-state index contributed by atoms with van der Waals surface area (Å²) in [6, 6.07) is 15.9. The lowest BCUT2D eigenvalue weighted by atomic mass is 10.0. The van der Waals surface area contributed by atoms with Crippen molar-refractivity contribution in [2.24, 2.45) is 5.92 Å². The van der Waals surface area contributed by atoms with Gasteiger partial charge in [0, 0.05) is 23.8 Å². The Kier molecular flexibility index (Phi) is 9.31. The lowest BCUT2D eigenvalue weighted by molar-refractivity contribution is -0.140. The summed E-state index contributed by atoms with van der Waals surface area (Å²) in [5.41, 5.74) is 2.24. The van der Waals surface area contributed by atoms with Crippen LogP contribution in [0.4, 0.5) is 10.5 Å². The largest absolute Gasteiger partial charge is 0.445 e. The summed E-state index contributed by atoms with van der Waals surface area (Å²) in [7, 11) is 0. The highest BCUT2D eigenvalue weighted by atomic mass is 16.5. The van der Waals surface area contributed by atoms with Crippen molar-refractivity contribution in [2.75, 3.05) is 11.9 Å². The van der Waals surface area contributed by atoms with Crippen molar-refractivity contribution in [2.45, 2.75) is 58.3 Å². The third-order valence-electron chi connectivity index (χ3n) is 6.87. The van der Waals surface area contributed by atoms with Gasteiger partial charge in [0.1, 0.15) is 24.7 Å². The molecule has 1 aromatic heterocycles. The topological polar surface area (TPSA) is 130 Å². The standard InChI is InChI=1S/C30H35N5O5/c1-19(2)26(28(37)33-23-13-14-24-22(17-23)11-7-15-31-24)34-27(36)25-12-8-16-35(25)29(38)20(3)32-30(39)40-18-21-9-5-4-6-10-21/h4-7,9-11,13-15,17,19-20,25-26H,8,12,16,18H2,1-3H3,(H,32,39)(H,33,37)(H,34,36)/t20-,25-,26-/m0/s1. The summed E-state index contributed by atoms with van der Waals surface area (Å²) in [6.45, 7) is 5.71. The predicted octanol–water partition coefficient (Wildman–Crippen LogP) is 3.62. The summed E-state index contributed by atoms with van der Waals surface area (Å²) in [5.74, 6) is -1.33. The molecule has 2 aromatic carbocycles. The van der Waals surface area contributed by atoms with Crippen LogP contribution in [0.25, 0.3) is 10.9 Å². The summed E-state index contributed by atoms with van der Waals surface area (Å²) in [4.78, 5) is 57.6. The molecular weight excluding hydrogens is 510 g/mol. The molecule has 0 bridgehead atoms. The van der Waals surface area contributed by atoms with Gasteiger partial charge in [-0.2, -0.15) is 0 Å². The molecule has 3 atom stereocenters. The van der Waals surface area contributed by atoms with Crippen LogP contribution in [0, 0.1) is 5.92 Å². The quantitative estimate of drug-likeness (QED) is 0.377. The number of anilines is 1. The number of carbonyl (C=O) groups is 4. The average molecular weight is 546 g/mol. The third kappa shape index (κ3) is 7.13. The Morgan fingerprint density at radius 3 is 2.52 bits per heavy atom. The number of pyridine rings is 1. The molecule has 1 aliphatic heterocycles. The molecule has 0 saturated carbocycles. The van der Waals surface area contributed by atoms with Gasteiger partial charge in [-0.15, -0.1) is 0 Å². The number of ether oxygens (including phenoxy) is 1. The van der Waals surface area contributed by atoms with Crippen LogP contribution in [-0.2, 0) is 25.7 Å². The van der Waals surface area contributed by atoms with Crippen LogP contribution >= 0.6 is 0 Å². The van der Waals surface area contributed by atoms with Gasteiger partial charge in [-0.1, -0.05) is 50.2 Å². The van der Waals surface area contributed by atoms with E-state index in [-0.39, 0.29) is 24.3 Å². The van der Waals surface area contributed by atoms with Crippen molar-refractivity contribution in [1.82, 2.24) is 20.5 Å². The van der Waals surface area contributed by atoms with Crippen LogP contribution < -0.4 is 16.0 Å². The number of benzene rings is 2. The second kappa shape index (κ2) is 13.1. The number of nitrogens with zero attached hydrogens (tertiary/aromatic N) is 2. The molecule has 1 fully saturated rings. The molecule has 0 spiro atoms. The van der Waals surface area contributed by atoms with Gasteiger partial charge in [-0.3, -0.25) is 19.4 Å². The van der Waals surface area contributed by atoms with Crippen molar-refractivity contribution in [3.63, 3.8) is 0 Å². The zero-order chi connectivity index (χ0) is 28.6. The Hall–Kier alpha value is -4.47. The van der Waals surface area contributed by atoms with E-state index < -0.39 is 30.1 Å². The van der Waals surface area contributed by atoms with Gasteiger partial charge in [0.25, 0.3) is 0 Å². The van der Waals surface area contributed by atoms with Gasteiger partial charge in [0.2, 0.25) is 17.7 Å². The molecule has 3 aromatic rings. The van der Waals surface area contributed by atoms with Crippen LogP contribution in [0.15, 0.2) is 66.9 Å². The summed E-state index contributed by atoms with van der Waals surface area (Å²) in [5, 5.41) is 9.17. The van der Waals surface area contributed by atoms with Gasteiger partial charge >= 0.3 is 6.09 Å². The predicted molar refractivity (Wildman–Crippen MR) is 151 cm³/mol. The molecule has 210 valence electrons. The van der Waals surface area contributed by atoms with Gasteiger partial charge in [0.15, 0.2) is 0 Å². The van der Waals surface area contributed by atoms with E-state index in [2.05, 4.69) is 20.9 Å². The maximum Gasteiger partial charge on any atom is 0.408 e. The Balaban J connectivity index is 1.34. The molecule has 3 N–H and O–H groups in total. The van der Waals surface area contributed by atoms with Crippen LogP contribution in [0.1, 0.15) is 39.2 Å². The minimum atomic E-state index is -0.886. The molecule has 2 heterocycles. The molecular formula is C30H35N5O5. The highest BCUT2D eigenvalue weighted by Gasteiger charge is 2.38. The van der Waals surface area contributed by atoms with E-state index in [1.54, 1.807) is 19.2 Å². The first-order valence-corrected chi connectivity index (χ1v) is 13.5. The molecule has 1 saturated heterocycles. The van der Waals surface area contributed by atoms with Crippen molar-refractivity contribution in [1.29, 1.82) is 0 Å². The molecule has 0 radical (unpaired) electrons. The number of aromatic nitrogens is 1. The molecule has 10 nitrogen and oxygen atoms in total. The van der Waals surface area contributed by atoms with Crippen molar-refractivity contribution in [3.8, 4) is 0 Å². The number of hydrogen-bond donors (Lipinski definition) is 3. The van der Waals surface area contributed by atoms with E-state index in [0.717, 1.165) is 16.5 Å². The molecule has 4 amide bonds.